The van der Waals surface area contributed by atoms with Crippen LogP contribution < -0.4 is 10.1 Å². The first-order valence-electron chi connectivity index (χ1n) is 16.5. The van der Waals surface area contributed by atoms with Crippen LogP contribution in [0.3, 0.4) is 0 Å². The lowest BCUT2D eigenvalue weighted by Crippen LogP contribution is -2.48. The van der Waals surface area contributed by atoms with E-state index in [0.29, 0.717) is 42.3 Å². The number of anilines is 1. The van der Waals surface area contributed by atoms with Gasteiger partial charge in [0.1, 0.15) is 5.75 Å². The minimum absolute atomic E-state index is 0.0660. The number of carbonyl (C=O) groups excluding carboxylic acids is 3. The van der Waals surface area contributed by atoms with Crippen LogP contribution in [0.1, 0.15) is 92.9 Å². The van der Waals surface area contributed by atoms with Gasteiger partial charge in [0.2, 0.25) is 5.91 Å². The van der Waals surface area contributed by atoms with E-state index in [4.69, 9.17) is 9.47 Å². The van der Waals surface area contributed by atoms with E-state index in [1.807, 2.05) is 25.8 Å². The molecule has 10 nitrogen and oxygen atoms in total. The number of aliphatic hydroxyl groups is 1. The smallest absolute Gasteiger partial charge is 0.258 e. The van der Waals surface area contributed by atoms with Crippen LogP contribution in [0.15, 0.2) is 42.7 Å². The molecule has 2 N–H and O–H groups in total. The van der Waals surface area contributed by atoms with Gasteiger partial charge >= 0.3 is 0 Å². The molecule has 0 radical (unpaired) electrons. The lowest BCUT2D eigenvalue weighted by atomic mass is 9.88. The third-order valence-electron chi connectivity index (χ3n) is 9.04. The van der Waals surface area contributed by atoms with Crippen molar-refractivity contribution in [3.63, 3.8) is 0 Å². The normalized spacial score (nSPS) is 22.8. The van der Waals surface area contributed by atoms with Crippen LogP contribution in [0.4, 0.5) is 5.69 Å². The van der Waals surface area contributed by atoms with Crippen LogP contribution >= 0.6 is 0 Å². The predicted molar refractivity (Wildman–Crippen MR) is 173 cm³/mol. The number of aliphatic hydroxyl groups excluding tert-OH is 1. The highest BCUT2D eigenvalue weighted by Gasteiger charge is 2.32. The first-order chi connectivity index (χ1) is 21.7. The van der Waals surface area contributed by atoms with Crippen LogP contribution in [0.2, 0.25) is 0 Å². The number of likely N-dealkylation sites (N-methyl/N-ethyl adjacent to an activating group) is 1. The van der Waals surface area contributed by atoms with Gasteiger partial charge < -0.3 is 29.7 Å². The average molecular weight is 623 g/mol. The summed E-state index contributed by atoms with van der Waals surface area (Å²) in [4.78, 5) is 47.9. The Morgan fingerprint density at radius 3 is 2.49 bits per heavy atom. The Morgan fingerprint density at radius 1 is 1.07 bits per heavy atom. The number of benzene rings is 1. The molecule has 0 spiro atoms. The summed E-state index contributed by atoms with van der Waals surface area (Å²) < 4.78 is 12.7. The van der Waals surface area contributed by atoms with Crippen LogP contribution in [0.25, 0.3) is 0 Å². The fourth-order valence-electron chi connectivity index (χ4n) is 6.19. The van der Waals surface area contributed by atoms with Crippen molar-refractivity contribution < 1.29 is 29.0 Å². The van der Waals surface area contributed by atoms with Crippen molar-refractivity contribution in [2.24, 2.45) is 11.8 Å². The van der Waals surface area contributed by atoms with Gasteiger partial charge in [-0.2, -0.15) is 0 Å². The van der Waals surface area contributed by atoms with Crippen LogP contribution in [0.5, 0.6) is 5.75 Å². The maximum absolute atomic E-state index is 14.3. The number of nitrogens with one attached hydrogen (secondary N) is 1. The van der Waals surface area contributed by atoms with Crippen molar-refractivity contribution in [3.8, 4) is 5.75 Å². The Labute approximate surface area is 267 Å². The van der Waals surface area contributed by atoms with Gasteiger partial charge in [-0.1, -0.05) is 26.2 Å². The largest absolute Gasteiger partial charge is 0.490 e. The Morgan fingerprint density at radius 2 is 1.78 bits per heavy atom. The number of rotatable bonds is 7. The van der Waals surface area contributed by atoms with Gasteiger partial charge in [-0.15, -0.1) is 0 Å². The summed E-state index contributed by atoms with van der Waals surface area (Å²) in [5.74, 6) is -0.0987. The molecule has 4 rings (SSSR count). The zero-order chi connectivity index (χ0) is 32.3. The predicted octanol–water partition coefficient (Wildman–Crippen LogP) is 5.17. The summed E-state index contributed by atoms with van der Waals surface area (Å²) in [6.07, 6.45) is 10.4. The van der Waals surface area contributed by atoms with E-state index in [9.17, 15) is 19.5 Å². The second kappa shape index (κ2) is 16.7. The van der Waals surface area contributed by atoms with Crippen molar-refractivity contribution in [1.82, 2.24) is 14.8 Å². The minimum atomic E-state index is -0.490. The second-order valence-electron chi connectivity index (χ2n) is 12.8. The van der Waals surface area contributed by atoms with E-state index in [0.717, 1.165) is 44.9 Å². The molecule has 3 amide bonds. The number of pyridine rings is 1. The standard InChI is InChI=1S/C35H50N4O6/c1-24-21-39(25(2)23-40)35(43)30-20-29(37-33(41)27-15-17-36-18-16-27)13-14-31(30)45-26(3)10-8-9-19-44-32(24)22-38(4)34(42)28-11-6-5-7-12-28/h13-18,20,24-26,28,32,40H,5-12,19,21-23H2,1-4H3,(H,37,41)/t24-,25-,26-,32-/m1/s1. The molecule has 1 aliphatic heterocycles. The van der Waals surface area contributed by atoms with Gasteiger partial charge in [0.25, 0.3) is 11.8 Å². The second-order valence-corrected chi connectivity index (χ2v) is 12.8. The molecule has 0 unspecified atom stereocenters. The molecule has 0 bridgehead atoms. The zero-order valence-corrected chi connectivity index (χ0v) is 27.2. The molecule has 1 saturated carbocycles. The highest BCUT2D eigenvalue weighted by atomic mass is 16.5. The monoisotopic (exact) mass is 622 g/mol. The van der Waals surface area contributed by atoms with Crippen LogP contribution in [-0.2, 0) is 9.53 Å². The van der Waals surface area contributed by atoms with Gasteiger partial charge in [-0.25, -0.2) is 0 Å². The molecular weight excluding hydrogens is 572 g/mol. The molecule has 1 aliphatic carbocycles. The van der Waals surface area contributed by atoms with Crippen molar-refractivity contribution in [2.45, 2.75) is 90.4 Å². The van der Waals surface area contributed by atoms with Gasteiger partial charge in [0, 0.05) is 62.2 Å². The van der Waals surface area contributed by atoms with Gasteiger partial charge in [-0.3, -0.25) is 19.4 Å². The van der Waals surface area contributed by atoms with E-state index in [-0.39, 0.29) is 48.4 Å². The van der Waals surface area contributed by atoms with E-state index in [1.165, 1.54) is 6.42 Å². The average Bonchev–Trinajstić information content (AvgIpc) is 3.06. The quantitative estimate of drug-likeness (QED) is 0.437. The van der Waals surface area contributed by atoms with Crippen molar-refractivity contribution in [2.75, 3.05) is 38.7 Å². The molecule has 45 heavy (non-hydrogen) atoms. The zero-order valence-electron chi connectivity index (χ0n) is 27.2. The van der Waals surface area contributed by atoms with Gasteiger partial charge in [-0.05, 0) is 76.3 Å². The summed E-state index contributed by atoms with van der Waals surface area (Å²) >= 11 is 0. The van der Waals surface area contributed by atoms with Gasteiger partial charge in [0.15, 0.2) is 0 Å². The first kappa shape index (κ1) is 34.4. The van der Waals surface area contributed by atoms with Gasteiger partial charge in [0.05, 0.1) is 30.4 Å². The Bertz CT molecular complexity index is 1270. The van der Waals surface area contributed by atoms with E-state index in [1.54, 1.807) is 54.5 Å². The number of nitrogens with zero attached hydrogens (tertiary/aromatic N) is 3. The number of ether oxygens (including phenoxy) is 2. The highest BCUT2D eigenvalue weighted by molar-refractivity contribution is 6.05. The molecule has 246 valence electrons. The summed E-state index contributed by atoms with van der Waals surface area (Å²) in [6, 6.07) is 7.84. The first-order valence-corrected chi connectivity index (χ1v) is 16.5. The van der Waals surface area contributed by atoms with E-state index in [2.05, 4.69) is 10.3 Å². The van der Waals surface area contributed by atoms with Crippen molar-refractivity contribution in [3.05, 3.63) is 53.9 Å². The Kier molecular flexibility index (Phi) is 12.8. The fraction of sp³-hybridized carbons (Fsp3) is 0.600. The number of hydrogen-bond acceptors (Lipinski definition) is 7. The molecule has 2 heterocycles. The maximum atomic E-state index is 14.3. The molecule has 4 atom stereocenters. The number of aromatic nitrogens is 1. The Balaban J connectivity index is 1.61. The summed E-state index contributed by atoms with van der Waals surface area (Å²) in [6.45, 7) is 6.88. The van der Waals surface area contributed by atoms with E-state index < -0.39 is 6.04 Å². The lowest BCUT2D eigenvalue weighted by molar-refractivity contribution is -0.137. The number of carbonyl (C=O) groups is 3. The minimum Gasteiger partial charge on any atom is -0.490 e. The summed E-state index contributed by atoms with van der Waals surface area (Å²) in [7, 11) is 1.86. The van der Waals surface area contributed by atoms with Crippen LogP contribution in [-0.4, -0.2) is 89.2 Å². The van der Waals surface area contributed by atoms with Crippen LogP contribution in [0, 0.1) is 11.8 Å². The molecule has 2 aliphatic rings. The molecule has 1 aromatic carbocycles. The Hall–Kier alpha value is -3.50. The SMILES string of the molecule is C[C@@H]1CCCCO[C@H](CN(C)C(=O)C2CCCCC2)[C@H](C)CN([C@H](C)CO)C(=O)c2cc(NC(=O)c3ccncc3)ccc2O1. The summed E-state index contributed by atoms with van der Waals surface area (Å²) in [5.41, 5.74) is 1.21. The third kappa shape index (κ3) is 9.50. The maximum Gasteiger partial charge on any atom is 0.258 e. The molecule has 0 saturated heterocycles. The number of hydrogen-bond donors (Lipinski definition) is 2. The molecule has 10 heteroatoms. The van der Waals surface area contributed by atoms with Crippen molar-refractivity contribution in [1.29, 1.82) is 0 Å². The number of amides is 3. The fourth-order valence-corrected chi connectivity index (χ4v) is 6.19. The molecule has 2 aromatic rings. The highest BCUT2D eigenvalue weighted by Crippen LogP contribution is 2.29. The lowest BCUT2D eigenvalue weighted by Gasteiger charge is -2.36. The van der Waals surface area contributed by atoms with Crippen molar-refractivity contribution >= 4 is 23.4 Å². The number of fused-ring (bicyclic) bond motifs is 1. The topological polar surface area (TPSA) is 121 Å². The van der Waals surface area contributed by atoms with E-state index >= 15 is 0 Å². The third-order valence-corrected chi connectivity index (χ3v) is 9.04. The summed E-state index contributed by atoms with van der Waals surface area (Å²) in [5, 5.41) is 13.1. The molecular formula is C35H50N4O6. The molecule has 1 fully saturated rings. The molecule has 1 aromatic heterocycles.